The minimum Gasteiger partial charge on any atom is -0.356 e. The van der Waals surface area contributed by atoms with E-state index >= 15 is 0 Å². The largest absolute Gasteiger partial charge is 0.356 e. The van der Waals surface area contributed by atoms with Crippen LogP contribution < -0.4 is 5.32 Å². The fraction of sp³-hybridized carbons (Fsp3) is 0.960. The van der Waals surface area contributed by atoms with Crippen LogP contribution in [0.1, 0.15) is 143 Å². The van der Waals surface area contributed by atoms with Crippen molar-refractivity contribution in [3.8, 4) is 0 Å². The first-order valence-electron chi connectivity index (χ1n) is 12.2. The number of carbonyl (C=O) groups is 1. The summed E-state index contributed by atoms with van der Waals surface area (Å²) in [6.07, 6.45) is 23.5. The molecular formula is C25H51NO. The second kappa shape index (κ2) is 18.8. The maximum Gasteiger partial charge on any atom is 0.219 e. The van der Waals surface area contributed by atoms with Crippen molar-refractivity contribution in [1.29, 1.82) is 0 Å². The van der Waals surface area contributed by atoms with E-state index in [1.165, 1.54) is 96.3 Å². The van der Waals surface area contributed by atoms with Crippen LogP contribution in [0.15, 0.2) is 0 Å². The molecule has 0 aromatic heterocycles. The summed E-state index contributed by atoms with van der Waals surface area (Å²) < 4.78 is 0. The molecule has 0 aromatic carbocycles. The summed E-state index contributed by atoms with van der Waals surface area (Å²) >= 11 is 0. The van der Waals surface area contributed by atoms with E-state index in [-0.39, 0.29) is 5.91 Å². The monoisotopic (exact) mass is 381 g/mol. The quantitative estimate of drug-likeness (QED) is 0.224. The molecule has 0 radical (unpaired) electrons. The van der Waals surface area contributed by atoms with Crippen LogP contribution in [0.4, 0.5) is 0 Å². The third-order valence-electron chi connectivity index (χ3n) is 5.43. The average Bonchev–Trinajstić information content (AvgIpc) is 2.61. The van der Waals surface area contributed by atoms with Crippen LogP contribution in [-0.4, -0.2) is 12.5 Å². The normalized spacial score (nSPS) is 11.7. The molecule has 27 heavy (non-hydrogen) atoms. The molecule has 162 valence electrons. The predicted octanol–water partition coefficient (Wildman–Crippen LogP) is 8.19. The number of hydrogen-bond donors (Lipinski definition) is 1. The second-order valence-corrected chi connectivity index (χ2v) is 9.71. The zero-order valence-electron chi connectivity index (χ0n) is 19.3. The van der Waals surface area contributed by atoms with Crippen molar-refractivity contribution in [1.82, 2.24) is 5.32 Å². The van der Waals surface area contributed by atoms with Crippen molar-refractivity contribution in [2.75, 3.05) is 6.54 Å². The molecule has 0 heterocycles. The van der Waals surface area contributed by atoms with Crippen molar-refractivity contribution in [3.63, 3.8) is 0 Å². The zero-order valence-corrected chi connectivity index (χ0v) is 19.3. The van der Waals surface area contributed by atoms with Crippen LogP contribution in [0, 0.1) is 5.41 Å². The van der Waals surface area contributed by atoms with Gasteiger partial charge < -0.3 is 5.32 Å². The van der Waals surface area contributed by atoms with Gasteiger partial charge in [-0.15, -0.1) is 0 Å². The van der Waals surface area contributed by atoms with Gasteiger partial charge in [-0.1, -0.05) is 118 Å². The zero-order chi connectivity index (χ0) is 20.2. The Morgan fingerprint density at radius 1 is 0.630 bits per heavy atom. The lowest BCUT2D eigenvalue weighted by Gasteiger charge is -2.17. The minimum atomic E-state index is 0.249. The topological polar surface area (TPSA) is 29.1 Å². The lowest BCUT2D eigenvalue weighted by atomic mass is 9.91. The van der Waals surface area contributed by atoms with Gasteiger partial charge >= 0.3 is 0 Å². The smallest absolute Gasteiger partial charge is 0.219 e. The van der Waals surface area contributed by atoms with Crippen molar-refractivity contribution >= 4 is 5.91 Å². The van der Waals surface area contributed by atoms with Gasteiger partial charge in [0.05, 0.1) is 0 Å². The molecule has 0 atom stereocenters. The van der Waals surface area contributed by atoms with Gasteiger partial charge in [0.15, 0.2) is 0 Å². The molecule has 1 amide bonds. The first-order valence-corrected chi connectivity index (χ1v) is 12.2. The first-order chi connectivity index (χ1) is 13.0. The second-order valence-electron chi connectivity index (χ2n) is 9.71. The molecule has 0 bridgehead atoms. The predicted molar refractivity (Wildman–Crippen MR) is 121 cm³/mol. The van der Waals surface area contributed by atoms with Crippen LogP contribution in [0.5, 0.6) is 0 Å². The van der Waals surface area contributed by atoms with Gasteiger partial charge in [0.2, 0.25) is 5.91 Å². The average molecular weight is 382 g/mol. The number of hydrogen-bond acceptors (Lipinski definition) is 1. The Kier molecular flexibility index (Phi) is 18.4. The Bertz CT molecular complexity index is 319. The van der Waals surface area contributed by atoms with E-state index in [1.807, 2.05) is 0 Å². The number of nitrogens with one attached hydrogen (secondary N) is 1. The SMILES string of the molecule is CCCCCCCCCCCCCCCCCC(=O)NCCCC(C)(C)C. The minimum absolute atomic E-state index is 0.249. The fourth-order valence-electron chi connectivity index (χ4n) is 3.59. The molecule has 2 heteroatoms. The summed E-state index contributed by atoms with van der Waals surface area (Å²) in [6.45, 7) is 9.89. The Morgan fingerprint density at radius 2 is 1.04 bits per heavy atom. The lowest BCUT2D eigenvalue weighted by Crippen LogP contribution is -2.24. The summed E-state index contributed by atoms with van der Waals surface area (Å²) in [6, 6.07) is 0. The summed E-state index contributed by atoms with van der Waals surface area (Å²) in [5.41, 5.74) is 0.374. The van der Waals surface area contributed by atoms with E-state index < -0.39 is 0 Å². The highest BCUT2D eigenvalue weighted by atomic mass is 16.1. The third kappa shape index (κ3) is 23.4. The van der Waals surface area contributed by atoms with Crippen LogP contribution in [0.2, 0.25) is 0 Å². The number of rotatable bonds is 19. The van der Waals surface area contributed by atoms with Crippen LogP contribution >= 0.6 is 0 Å². The number of carbonyl (C=O) groups excluding carboxylic acids is 1. The van der Waals surface area contributed by atoms with Crippen molar-refractivity contribution in [2.45, 2.75) is 143 Å². The van der Waals surface area contributed by atoms with Gasteiger partial charge in [0.1, 0.15) is 0 Å². The Labute approximate surface area is 171 Å². The van der Waals surface area contributed by atoms with E-state index in [4.69, 9.17) is 0 Å². The van der Waals surface area contributed by atoms with E-state index in [1.54, 1.807) is 0 Å². The van der Waals surface area contributed by atoms with E-state index in [2.05, 4.69) is 33.0 Å². The lowest BCUT2D eigenvalue weighted by molar-refractivity contribution is -0.121. The molecule has 0 unspecified atom stereocenters. The molecule has 0 aliphatic rings. The van der Waals surface area contributed by atoms with Crippen LogP contribution in [0.25, 0.3) is 0 Å². The standard InChI is InChI=1S/C25H51NO/c1-5-6-7-8-9-10-11-12-13-14-15-16-17-18-19-21-24(27)26-23-20-22-25(2,3)4/h5-23H2,1-4H3,(H,26,27). The highest BCUT2D eigenvalue weighted by Gasteiger charge is 2.09. The molecule has 0 aromatic rings. The molecule has 0 rings (SSSR count). The molecule has 0 aliphatic carbocycles. The van der Waals surface area contributed by atoms with E-state index in [0.717, 1.165) is 19.4 Å². The highest BCUT2D eigenvalue weighted by Crippen LogP contribution is 2.19. The summed E-state index contributed by atoms with van der Waals surface area (Å²) in [5.74, 6) is 0.249. The van der Waals surface area contributed by atoms with E-state index in [9.17, 15) is 4.79 Å². The Morgan fingerprint density at radius 3 is 1.44 bits per heavy atom. The molecule has 0 spiro atoms. The van der Waals surface area contributed by atoms with Gasteiger partial charge in [-0.2, -0.15) is 0 Å². The maximum atomic E-state index is 11.8. The molecular weight excluding hydrogens is 330 g/mol. The van der Waals surface area contributed by atoms with Gasteiger partial charge in [-0.05, 0) is 24.7 Å². The van der Waals surface area contributed by atoms with Crippen molar-refractivity contribution in [2.24, 2.45) is 5.41 Å². The molecule has 0 saturated heterocycles. The number of amides is 1. The van der Waals surface area contributed by atoms with Crippen LogP contribution in [0.3, 0.4) is 0 Å². The third-order valence-corrected chi connectivity index (χ3v) is 5.43. The Hall–Kier alpha value is -0.530. The summed E-state index contributed by atoms with van der Waals surface area (Å²) in [5, 5.41) is 3.07. The van der Waals surface area contributed by atoms with Crippen LogP contribution in [-0.2, 0) is 4.79 Å². The highest BCUT2D eigenvalue weighted by molar-refractivity contribution is 5.75. The van der Waals surface area contributed by atoms with Gasteiger partial charge in [0.25, 0.3) is 0 Å². The van der Waals surface area contributed by atoms with Crippen molar-refractivity contribution in [3.05, 3.63) is 0 Å². The molecule has 0 aliphatic heterocycles. The van der Waals surface area contributed by atoms with Gasteiger partial charge in [-0.25, -0.2) is 0 Å². The summed E-state index contributed by atoms with van der Waals surface area (Å²) in [7, 11) is 0. The maximum absolute atomic E-state index is 11.8. The first kappa shape index (κ1) is 26.5. The molecule has 1 N–H and O–H groups in total. The van der Waals surface area contributed by atoms with Gasteiger partial charge in [0, 0.05) is 13.0 Å². The molecule has 2 nitrogen and oxygen atoms in total. The fourth-order valence-corrected chi connectivity index (χ4v) is 3.59. The molecule has 0 saturated carbocycles. The molecule has 0 fully saturated rings. The summed E-state index contributed by atoms with van der Waals surface area (Å²) in [4.78, 5) is 11.8. The van der Waals surface area contributed by atoms with Crippen molar-refractivity contribution < 1.29 is 4.79 Å². The van der Waals surface area contributed by atoms with Gasteiger partial charge in [-0.3, -0.25) is 4.79 Å². The Balaban J connectivity index is 3.17. The van der Waals surface area contributed by atoms with E-state index in [0.29, 0.717) is 11.8 Å². The number of unbranched alkanes of at least 4 members (excludes halogenated alkanes) is 14.